The van der Waals surface area contributed by atoms with E-state index in [9.17, 15) is 19.2 Å². The lowest BCUT2D eigenvalue weighted by Crippen LogP contribution is -2.51. The summed E-state index contributed by atoms with van der Waals surface area (Å²) in [4.78, 5) is 50.8. The number of carbonyl (C=O) groups is 4. The second-order valence-corrected chi connectivity index (χ2v) is 8.29. The van der Waals surface area contributed by atoms with Crippen molar-refractivity contribution in [1.82, 2.24) is 10.2 Å². The first-order valence-corrected chi connectivity index (χ1v) is 11.9. The van der Waals surface area contributed by atoms with Crippen LogP contribution in [-0.4, -0.2) is 72.1 Å². The highest BCUT2D eigenvalue weighted by atomic mass is 16.5. The van der Waals surface area contributed by atoms with Crippen molar-refractivity contribution in [3.05, 3.63) is 65.7 Å². The molecule has 0 saturated carbocycles. The van der Waals surface area contributed by atoms with Gasteiger partial charge in [0.25, 0.3) is 5.91 Å². The van der Waals surface area contributed by atoms with Gasteiger partial charge in [-0.3, -0.25) is 29.5 Å². The SMILES string of the molecule is CCOC(=O)C(CN(C(=O)COc1ccc(CCNC(=N)N)cc1)C(=O)[C@@H](N)CC(=O)O)c1ccccc1. The van der Waals surface area contributed by atoms with Crippen LogP contribution >= 0.6 is 0 Å². The van der Waals surface area contributed by atoms with Gasteiger partial charge in [0.1, 0.15) is 5.75 Å². The Morgan fingerprint density at radius 2 is 1.74 bits per heavy atom. The number of amides is 2. The lowest BCUT2D eigenvalue weighted by Gasteiger charge is -2.27. The number of guanidine groups is 1. The molecule has 12 nitrogen and oxygen atoms in total. The number of aliphatic carboxylic acids is 1. The lowest BCUT2D eigenvalue weighted by molar-refractivity contribution is -0.152. The van der Waals surface area contributed by atoms with Gasteiger partial charge in [0.05, 0.1) is 25.0 Å². The molecule has 0 radical (unpaired) electrons. The van der Waals surface area contributed by atoms with Crippen LogP contribution in [-0.2, 0) is 30.3 Å². The highest BCUT2D eigenvalue weighted by molar-refractivity contribution is 6.00. The van der Waals surface area contributed by atoms with E-state index in [4.69, 9.17) is 31.5 Å². The molecule has 1 unspecified atom stereocenters. The van der Waals surface area contributed by atoms with E-state index in [-0.39, 0.29) is 12.6 Å². The van der Waals surface area contributed by atoms with Crippen LogP contribution in [0.4, 0.5) is 0 Å². The highest BCUT2D eigenvalue weighted by Gasteiger charge is 2.34. The number of nitrogens with zero attached hydrogens (tertiary/aromatic N) is 1. The number of nitrogens with two attached hydrogens (primary N) is 2. The molecule has 0 fully saturated rings. The molecule has 2 rings (SSSR count). The molecular formula is C26H33N5O7. The predicted octanol–water partition coefficient (Wildman–Crippen LogP) is 0.595. The van der Waals surface area contributed by atoms with Gasteiger partial charge in [-0.25, -0.2) is 0 Å². The summed E-state index contributed by atoms with van der Waals surface area (Å²) in [6, 6.07) is 13.8. The van der Waals surface area contributed by atoms with Crippen LogP contribution in [0.2, 0.25) is 0 Å². The van der Waals surface area contributed by atoms with Crippen molar-refractivity contribution in [2.45, 2.75) is 31.7 Å². The van der Waals surface area contributed by atoms with Crippen molar-refractivity contribution in [3.63, 3.8) is 0 Å². The van der Waals surface area contributed by atoms with Crippen molar-refractivity contribution in [2.75, 3.05) is 26.3 Å². The van der Waals surface area contributed by atoms with Crippen LogP contribution in [0.15, 0.2) is 54.6 Å². The van der Waals surface area contributed by atoms with Crippen LogP contribution in [0.1, 0.15) is 30.4 Å². The number of carbonyl (C=O) groups excluding carboxylic acids is 3. The number of ether oxygens (including phenoxy) is 2. The molecule has 204 valence electrons. The van der Waals surface area contributed by atoms with E-state index < -0.39 is 55.3 Å². The Bertz CT molecular complexity index is 1110. The number of nitrogens with one attached hydrogen (secondary N) is 2. The topological polar surface area (TPSA) is 198 Å². The zero-order valence-electron chi connectivity index (χ0n) is 21.1. The summed E-state index contributed by atoms with van der Waals surface area (Å²) in [5, 5.41) is 18.9. The number of rotatable bonds is 14. The molecular weight excluding hydrogens is 494 g/mol. The Kier molecular flexibility index (Phi) is 11.7. The summed E-state index contributed by atoms with van der Waals surface area (Å²) in [6.07, 6.45) is -0.0872. The van der Waals surface area contributed by atoms with E-state index in [1.807, 2.05) is 0 Å². The summed E-state index contributed by atoms with van der Waals surface area (Å²) >= 11 is 0. The Morgan fingerprint density at radius 1 is 1.08 bits per heavy atom. The van der Waals surface area contributed by atoms with Crippen LogP contribution < -0.4 is 21.5 Å². The molecule has 0 spiro atoms. The van der Waals surface area contributed by atoms with Crippen LogP contribution in [0.5, 0.6) is 5.75 Å². The summed E-state index contributed by atoms with van der Waals surface area (Å²) in [6.45, 7) is 1.24. The van der Waals surface area contributed by atoms with E-state index >= 15 is 0 Å². The maximum absolute atomic E-state index is 13.2. The minimum atomic E-state index is -1.50. The van der Waals surface area contributed by atoms with Crippen molar-refractivity contribution in [2.24, 2.45) is 11.5 Å². The van der Waals surface area contributed by atoms with Gasteiger partial charge >= 0.3 is 11.9 Å². The van der Waals surface area contributed by atoms with E-state index in [1.165, 1.54) is 0 Å². The Morgan fingerprint density at radius 3 is 2.32 bits per heavy atom. The first kappa shape index (κ1) is 29.8. The number of hydrogen-bond acceptors (Lipinski definition) is 8. The Labute approximate surface area is 220 Å². The molecule has 12 heteroatoms. The molecule has 0 aromatic heterocycles. The number of imide groups is 1. The summed E-state index contributed by atoms with van der Waals surface area (Å²) in [5.74, 6) is -4.47. The van der Waals surface area contributed by atoms with E-state index in [0.717, 1.165) is 10.5 Å². The third-order valence-electron chi connectivity index (χ3n) is 5.43. The van der Waals surface area contributed by atoms with Crippen molar-refractivity contribution in [1.29, 1.82) is 5.41 Å². The van der Waals surface area contributed by atoms with E-state index in [2.05, 4.69) is 5.32 Å². The summed E-state index contributed by atoms with van der Waals surface area (Å²) in [5.41, 5.74) is 12.5. The molecule has 0 saturated heterocycles. The normalized spacial score (nSPS) is 12.1. The van der Waals surface area contributed by atoms with E-state index in [0.29, 0.717) is 24.3 Å². The zero-order valence-corrected chi connectivity index (χ0v) is 21.1. The number of hydrogen-bond donors (Lipinski definition) is 5. The van der Waals surface area contributed by atoms with Gasteiger partial charge in [0.15, 0.2) is 12.6 Å². The lowest BCUT2D eigenvalue weighted by atomic mass is 9.98. The average Bonchev–Trinajstić information content (AvgIpc) is 2.88. The maximum atomic E-state index is 13.2. The fraction of sp³-hybridized carbons (Fsp3) is 0.346. The van der Waals surface area contributed by atoms with Crippen LogP contribution in [0, 0.1) is 5.41 Å². The molecule has 2 aromatic rings. The molecule has 0 aliphatic carbocycles. The van der Waals surface area contributed by atoms with Crippen LogP contribution in [0.3, 0.4) is 0 Å². The molecule has 2 atom stereocenters. The number of benzene rings is 2. The predicted molar refractivity (Wildman–Crippen MR) is 138 cm³/mol. The Balaban J connectivity index is 2.19. The first-order chi connectivity index (χ1) is 18.1. The van der Waals surface area contributed by atoms with Gasteiger partial charge in [-0.1, -0.05) is 42.5 Å². The second-order valence-electron chi connectivity index (χ2n) is 8.29. The van der Waals surface area contributed by atoms with Gasteiger partial charge in [-0.05, 0) is 36.6 Å². The monoisotopic (exact) mass is 527 g/mol. The largest absolute Gasteiger partial charge is 0.484 e. The van der Waals surface area contributed by atoms with Gasteiger partial charge in [0.2, 0.25) is 5.91 Å². The molecule has 2 amide bonds. The van der Waals surface area contributed by atoms with Crippen molar-refractivity contribution >= 4 is 29.7 Å². The highest BCUT2D eigenvalue weighted by Crippen LogP contribution is 2.21. The van der Waals surface area contributed by atoms with Crippen molar-refractivity contribution < 1.29 is 33.8 Å². The van der Waals surface area contributed by atoms with E-state index in [1.54, 1.807) is 61.5 Å². The minimum Gasteiger partial charge on any atom is -0.484 e. The number of esters is 1. The van der Waals surface area contributed by atoms with Gasteiger partial charge < -0.3 is 31.4 Å². The molecule has 7 N–H and O–H groups in total. The minimum absolute atomic E-state index is 0.0898. The molecule has 0 heterocycles. The maximum Gasteiger partial charge on any atom is 0.315 e. The average molecular weight is 528 g/mol. The molecule has 2 aromatic carbocycles. The second kappa shape index (κ2) is 15.0. The molecule has 38 heavy (non-hydrogen) atoms. The third-order valence-corrected chi connectivity index (χ3v) is 5.43. The number of carboxylic acids is 1. The van der Waals surface area contributed by atoms with Crippen LogP contribution in [0.25, 0.3) is 0 Å². The third kappa shape index (κ3) is 9.54. The molecule has 0 bridgehead atoms. The smallest absolute Gasteiger partial charge is 0.315 e. The summed E-state index contributed by atoms with van der Waals surface area (Å²) < 4.78 is 10.7. The molecule has 0 aliphatic rings. The van der Waals surface area contributed by atoms with Gasteiger partial charge in [-0.15, -0.1) is 0 Å². The standard InChI is InChI=1S/C26H33N5O7/c1-2-37-25(36)20(18-6-4-3-5-7-18)15-31(24(35)21(27)14-23(33)34)22(32)16-38-19-10-8-17(9-11-19)12-13-30-26(28)29/h3-11,20-21H,2,12-16,27H2,1H3,(H,33,34)(H4,28,29,30)/t20?,21-/m0/s1. The van der Waals surface area contributed by atoms with Crippen molar-refractivity contribution in [3.8, 4) is 5.75 Å². The fourth-order valence-electron chi connectivity index (χ4n) is 3.53. The molecule has 0 aliphatic heterocycles. The fourth-order valence-corrected chi connectivity index (χ4v) is 3.53. The Hall–Kier alpha value is -4.45. The first-order valence-electron chi connectivity index (χ1n) is 11.9. The zero-order chi connectivity index (χ0) is 28.1. The number of carboxylic acid groups (broad SMARTS) is 1. The quantitative estimate of drug-likeness (QED) is 0.132. The summed E-state index contributed by atoms with van der Waals surface area (Å²) in [7, 11) is 0. The van der Waals surface area contributed by atoms with Gasteiger partial charge in [-0.2, -0.15) is 0 Å². The van der Waals surface area contributed by atoms with Gasteiger partial charge in [0, 0.05) is 13.1 Å².